The third-order valence-corrected chi connectivity index (χ3v) is 7.20. The maximum atomic E-state index is 12.6. The van der Waals surface area contributed by atoms with Crippen molar-refractivity contribution in [3.63, 3.8) is 0 Å². The van der Waals surface area contributed by atoms with Gasteiger partial charge in [0.15, 0.2) is 0 Å². The lowest BCUT2D eigenvalue weighted by atomic mass is 9.97. The Morgan fingerprint density at radius 2 is 1.76 bits per heavy atom. The molecule has 2 aromatic heterocycles. The van der Waals surface area contributed by atoms with Crippen LogP contribution in [0.3, 0.4) is 0 Å². The largest absolute Gasteiger partial charge is 0.348 e. The fraction of sp³-hybridized carbons (Fsp3) is 0.517. The lowest BCUT2D eigenvalue weighted by molar-refractivity contribution is -0.134. The van der Waals surface area contributed by atoms with Gasteiger partial charge in [-0.1, -0.05) is 45.0 Å². The van der Waals surface area contributed by atoms with E-state index >= 15 is 0 Å². The van der Waals surface area contributed by atoms with Crippen LogP contribution < -0.4 is 10.9 Å². The van der Waals surface area contributed by atoms with Crippen LogP contribution in [-0.2, 0) is 17.9 Å². The molecule has 1 atom stereocenters. The molecule has 3 aromatic rings. The van der Waals surface area contributed by atoms with Gasteiger partial charge in [-0.15, -0.1) is 0 Å². The smallest absolute Gasteiger partial charge is 0.252 e. The van der Waals surface area contributed by atoms with Crippen LogP contribution in [0, 0.1) is 11.3 Å². The Labute approximate surface area is 218 Å². The summed E-state index contributed by atoms with van der Waals surface area (Å²) in [4.78, 5) is 38.5. The molecular weight excluding hydrogens is 464 g/mol. The van der Waals surface area contributed by atoms with E-state index in [2.05, 4.69) is 67.2 Å². The second kappa shape index (κ2) is 10.2. The van der Waals surface area contributed by atoms with E-state index in [9.17, 15) is 9.59 Å². The van der Waals surface area contributed by atoms with Crippen molar-refractivity contribution >= 4 is 22.9 Å². The maximum absolute atomic E-state index is 12.6. The summed E-state index contributed by atoms with van der Waals surface area (Å²) in [6.45, 7) is 13.4. The second-order valence-corrected chi connectivity index (χ2v) is 11.8. The van der Waals surface area contributed by atoms with Crippen LogP contribution in [0.4, 0.5) is 5.95 Å². The Hall–Kier alpha value is -3.26. The van der Waals surface area contributed by atoms with E-state index in [4.69, 9.17) is 4.98 Å². The standard InChI is InChI=1S/C29H38N6O2/c1-20(31-28-30-17-24-11-12-25(36)35(26(24)32-28)19-29(2,3)4)22-7-5-21(6-8-22)18-33-13-15-34(16-14-33)27(37)23-9-10-23/h5-8,11-12,17,20,23H,9-10,13-16,18-19H2,1-4H3,(H,30,31,32)/t20-/m0/s1. The highest BCUT2D eigenvalue weighted by molar-refractivity contribution is 5.81. The summed E-state index contributed by atoms with van der Waals surface area (Å²) in [5, 5.41) is 4.26. The first-order chi connectivity index (χ1) is 17.7. The minimum absolute atomic E-state index is 0.00924. The minimum Gasteiger partial charge on any atom is -0.348 e. The summed E-state index contributed by atoms with van der Waals surface area (Å²) in [7, 11) is 0. The summed E-state index contributed by atoms with van der Waals surface area (Å²) in [5.74, 6) is 1.18. The van der Waals surface area contributed by atoms with Gasteiger partial charge in [0.2, 0.25) is 11.9 Å². The van der Waals surface area contributed by atoms with Crippen LogP contribution in [0.5, 0.6) is 0 Å². The Bertz CT molecular complexity index is 1310. The summed E-state index contributed by atoms with van der Waals surface area (Å²) >= 11 is 0. The van der Waals surface area contributed by atoms with Crippen molar-refractivity contribution in [1.29, 1.82) is 0 Å². The van der Waals surface area contributed by atoms with Crippen molar-refractivity contribution in [2.75, 3.05) is 31.5 Å². The number of fused-ring (bicyclic) bond motifs is 1. The van der Waals surface area contributed by atoms with Gasteiger partial charge in [0.25, 0.3) is 5.56 Å². The molecule has 37 heavy (non-hydrogen) atoms. The number of nitrogens with zero attached hydrogens (tertiary/aromatic N) is 5. The summed E-state index contributed by atoms with van der Waals surface area (Å²) < 4.78 is 1.74. The number of benzene rings is 1. The molecule has 8 nitrogen and oxygen atoms in total. The molecular formula is C29H38N6O2. The Balaban J connectivity index is 1.21. The van der Waals surface area contributed by atoms with Gasteiger partial charge >= 0.3 is 0 Å². The Kier molecular flexibility index (Phi) is 7.03. The summed E-state index contributed by atoms with van der Waals surface area (Å²) in [5.41, 5.74) is 2.97. The quantitative estimate of drug-likeness (QED) is 0.525. The average Bonchev–Trinajstić information content (AvgIpc) is 3.71. The number of pyridine rings is 1. The van der Waals surface area contributed by atoms with Gasteiger partial charge in [-0.2, -0.15) is 4.98 Å². The number of hydrogen-bond donors (Lipinski definition) is 1. The molecule has 0 radical (unpaired) electrons. The van der Waals surface area contributed by atoms with Crippen LogP contribution in [0.2, 0.25) is 0 Å². The van der Waals surface area contributed by atoms with Crippen molar-refractivity contribution in [3.8, 4) is 0 Å². The Morgan fingerprint density at radius 1 is 1.05 bits per heavy atom. The monoisotopic (exact) mass is 502 g/mol. The molecule has 1 aliphatic carbocycles. The fourth-order valence-corrected chi connectivity index (χ4v) is 4.93. The molecule has 1 saturated carbocycles. The van der Waals surface area contributed by atoms with Gasteiger partial charge in [-0.05, 0) is 42.4 Å². The lowest BCUT2D eigenvalue weighted by Crippen LogP contribution is -2.48. The lowest BCUT2D eigenvalue weighted by Gasteiger charge is -2.35. The minimum atomic E-state index is -0.0494. The molecule has 1 saturated heterocycles. The van der Waals surface area contributed by atoms with Crippen molar-refractivity contribution in [2.24, 2.45) is 11.3 Å². The third-order valence-electron chi connectivity index (χ3n) is 7.20. The normalized spacial score (nSPS) is 17.7. The van der Waals surface area contributed by atoms with Crippen molar-refractivity contribution in [1.82, 2.24) is 24.3 Å². The number of carbonyl (C=O) groups excluding carboxylic acids is 1. The number of aromatic nitrogens is 3. The van der Waals surface area contributed by atoms with E-state index in [1.54, 1.807) is 22.9 Å². The fourth-order valence-electron chi connectivity index (χ4n) is 4.93. The highest BCUT2D eigenvalue weighted by atomic mass is 16.2. The molecule has 1 aromatic carbocycles. The average molecular weight is 503 g/mol. The predicted octanol–water partition coefficient (Wildman–Crippen LogP) is 4.06. The second-order valence-electron chi connectivity index (χ2n) is 11.8. The molecule has 2 fully saturated rings. The number of piperazine rings is 1. The van der Waals surface area contributed by atoms with E-state index in [0.717, 1.165) is 56.5 Å². The zero-order valence-electron chi connectivity index (χ0n) is 22.4. The highest BCUT2D eigenvalue weighted by Gasteiger charge is 2.34. The summed E-state index contributed by atoms with van der Waals surface area (Å²) in [6.07, 6.45) is 3.92. The van der Waals surface area contributed by atoms with E-state index in [-0.39, 0.29) is 17.0 Å². The zero-order valence-corrected chi connectivity index (χ0v) is 22.4. The molecule has 1 amide bonds. The molecule has 196 valence electrons. The maximum Gasteiger partial charge on any atom is 0.252 e. The van der Waals surface area contributed by atoms with Crippen molar-refractivity contribution in [3.05, 3.63) is 64.1 Å². The molecule has 2 aliphatic rings. The molecule has 8 heteroatoms. The van der Waals surface area contributed by atoms with Crippen molar-refractivity contribution < 1.29 is 4.79 Å². The van der Waals surface area contributed by atoms with E-state index in [1.165, 1.54) is 5.56 Å². The highest BCUT2D eigenvalue weighted by Crippen LogP contribution is 2.31. The number of rotatable bonds is 7. The number of carbonyl (C=O) groups is 1. The van der Waals surface area contributed by atoms with Gasteiger partial charge in [-0.25, -0.2) is 4.98 Å². The van der Waals surface area contributed by atoms with Crippen LogP contribution in [-0.4, -0.2) is 56.4 Å². The van der Waals surface area contributed by atoms with E-state index in [1.807, 2.05) is 4.90 Å². The van der Waals surface area contributed by atoms with E-state index in [0.29, 0.717) is 30.0 Å². The first-order valence-electron chi connectivity index (χ1n) is 13.4. The topological polar surface area (TPSA) is 83.4 Å². The van der Waals surface area contributed by atoms with Gasteiger partial charge < -0.3 is 10.2 Å². The molecule has 1 aliphatic heterocycles. The number of hydrogen-bond acceptors (Lipinski definition) is 6. The number of nitrogens with one attached hydrogen (secondary N) is 1. The SMILES string of the molecule is C[C@H](Nc1ncc2ccc(=O)n(CC(C)(C)C)c2n1)c1ccc(CN2CCN(C(=O)C3CC3)CC2)cc1. The van der Waals surface area contributed by atoms with Crippen LogP contribution >= 0.6 is 0 Å². The van der Waals surface area contributed by atoms with Gasteiger partial charge in [0, 0.05) is 62.8 Å². The molecule has 3 heterocycles. The van der Waals surface area contributed by atoms with Gasteiger partial charge in [-0.3, -0.25) is 19.1 Å². The molecule has 1 N–H and O–H groups in total. The first-order valence-corrected chi connectivity index (χ1v) is 13.4. The van der Waals surface area contributed by atoms with Gasteiger partial charge in [0.05, 0.1) is 6.04 Å². The molecule has 0 spiro atoms. The van der Waals surface area contributed by atoms with Gasteiger partial charge in [0.1, 0.15) is 5.65 Å². The predicted molar refractivity (Wildman–Crippen MR) is 146 cm³/mol. The van der Waals surface area contributed by atoms with Crippen LogP contribution in [0.25, 0.3) is 11.0 Å². The van der Waals surface area contributed by atoms with E-state index < -0.39 is 0 Å². The summed E-state index contributed by atoms with van der Waals surface area (Å²) in [6, 6.07) is 12.0. The third kappa shape index (κ3) is 6.18. The molecule has 0 unspecified atom stereocenters. The van der Waals surface area contributed by atoms with Crippen LogP contribution in [0.1, 0.15) is 57.7 Å². The number of amides is 1. The zero-order chi connectivity index (χ0) is 26.2. The van der Waals surface area contributed by atoms with Crippen molar-refractivity contribution in [2.45, 2.75) is 59.7 Å². The Morgan fingerprint density at radius 3 is 2.41 bits per heavy atom. The molecule has 0 bridgehead atoms. The first kappa shape index (κ1) is 25.4. The van der Waals surface area contributed by atoms with Crippen LogP contribution in [0.15, 0.2) is 47.4 Å². The molecule has 5 rings (SSSR count). The number of anilines is 1.